The van der Waals surface area contributed by atoms with E-state index >= 15 is 0 Å². The van der Waals surface area contributed by atoms with E-state index in [-0.39, 0.29) is 44.1 Å². The maximum atomic E-state index is 14.9. The molecule has 3 heterocycles. The number of hydrogen-bond acceptors (Lipinski definition) is 9. The minimum atomic E-state index is -5.42. The van der Waals surface area contributed by atoms with E-state index in [2.05, 4.69) is 20.9 Å². The van der Waals surface area contributed by atoms with E-state index in [4.69, 9.17) is 11.6 Å². The predicted octanol–water partition coefficient (Wildman–Crippen LogP) is 5.93. The SMILES string of the molecule is CCC[C@H]1NC(=O)[C@H](Cc2cc(Cl)ccc2-c2cncs2)N(C)C(=O)[C@H](CC(C)C)NC(=O)[C@@H](N(C)C(=O)[C@@H](NC(=O)[C@@H]2C[C@@H](F)CN2C(=O)C2(C(F)(F)F)CC(F)(F)C2)C2CC2)CCCCN(C)C1=O. The summed E-state index contributed by atoms with van der Waals surface area (Å²) < 4.78 is 85.6. The molecule has 4 fully saturated rings. The molecule has 6 rings (SSSR count). The molecule has 1 aromatic heterocycles. The number of rotatable bonds is 13. The van der Waals surface area contributed by atoms with E-state index in [0.29, 0.717) is 47.6 Å². The molecule has 2 aliphatic carbocycles. The van der Waals surface area contributed by atoms with Crippen LogP contribution in [0.5, 0.6) is 0 Å². The molecule has 4 aliphatic rings. The van der Waals surface area contributed by atoms with E-state index in [0.717, 1.165) is 15.3 Å². The fourth-order valence-electron chi connectivity index (χ4n) is 9.94. The van der Waals surface area contributed by atoms with Crippen molar-refractivity contribution in [3.63, 3.8) is 0 Å². The molecule has 7 amide bonds. The smallest absolute Gasteiger partial charge is 0.344 e. The van der Waals surface area contributed by atoms with Crippen LogP contribution in [-0.4, -0.2) is 155 Å². The van der Waals surface area contributed by atoms with Gasteiger partial charge in [0.25, 0.3) is 5.92 Å². The van der Waals surface area contributed by atoms with Gasteiger partial charge in [0.1, 0.15) is 42.4 Å². The number of benzene rings is 1. The highest BCUT2D eigenvalue weighted by atomic mass is 35.5. The third-order valence-electron chi connectivity index (χ3n) is 14.1. The minimum Gasteiger partial charge on any atom is -0.344 e. The number of halogens is 7. The van der Waals surface area contributed by atoms with Gasteiger partial charge in [-0.1, -0.05) is 44.9 Å². The van der Waals surface area contributed by atoms with E-state index in [9.17, 15) is 59.9 Å². The van der Waals surface area contributed by atoms with Gasteiger partial charge in [-0.05, 0) is 80.0 Å². The number of thiazole rings is 1. The molecule has 2 saturated heterocycles. The first-order chi connectivity index (χ1) is 33.3. The number of nitrogens with zero attached hydrogens (tertiary/aromatic N) is 5. The van der Waals surface area contributed by atoms with Crippen molar-refractivity contribution in [2.45, 2.75) is 152 Å². The Kier molecular flexibility index (Phi) is 17.5. The molecule has 2 saturated carbocycles. The number of amides is 7. The van der Waals surface area contributed by atoms with Gasteiger partial charge in [0.15, 0.2) is 5.41 Å². The summed E-state index contributed by atoms with van der Waals surface area (Å²) in [6, 6.07) is -2.79. The van der Waals surface area contributed by atoms with Gasteiger partial charge < -0.3 is 35.6 Å². The molecular weight excluding hydrogens is 982 g/mol. The second-order valence-corrected chi connectivity index (χ2v) is 21.3. The second kappa shape index (κ2) is 22.4. The zero-order chi connectivity index (χ0) is 52.3. The molecule has 0 spiro atoms. The number of hydrogen-bond donors (Lipinski definition) is 3. The molecule has 2 aromatic rings. The number of nitrogens with one attached hydrogen (secondary N) is 3. The average Bonchev–Trinajstić information content (AvgIpc) is 3.83. The average molecular weight is 1050 g/mol. The number of alkyl halides is 6. The lowest BCUT2D eigenvalue weighted by Crippen LogP contribution is -2.65. The Balaban J connectivity index is 1.29. The van der Waals surface area contributed by atoms with Crippen molar-refractivity contribution in [2.75, 3.05) is 34.2 Å². The van der Waals surface area contributed by atoms with Crippen LogP contribution >= 0.6 is 22.9 Å². The zero-order valence-corrected chi connectivity index (χ0v) is 42.2. The van der Waals surface area contributed by atoms with Crippen LogP contribution in [0, 0.1) is 17.3 Å². The van der Waals surface area contributed by atoms with Gasteiger partial charge in [-0.15, -0.1) is 11.3 Å². The molecule has 0 unspecified atom stereocenters. The number of likely N-dealkylation sites (N-methyl/N-ethyl adjacent to an activating group) is 3. The highest BCUT2D eigenvalue weighted by molar-refractivity contribution is 7.13. The van der Waals surface area contributed by atoms with Crippen LogP contribution in [0.1, 0.15) is 97.0 Å². The van der Waals surface area contributed by atoms with Crippen LogP contribution in [0.3, 0.4) is 0 Å². The Morgan fingerprint density at radius 3 is 2.27 bits per heavy atom. The molecule has 0 bridgehead atoms. The topological polar surface area (TPSA) is 181 Å². The number of likely N-dealkylation sites (tertiary alicyclic amines) is 1. The molecule has 3 N–H and O–H groups in total. The Labute approximate surface area is 418 Å². The first-order valence-corrected chi connectivity index (χ1v) is 25.3. The Hall–Kier alpha value is -4.99. The summed E-state index contributed by atoms with van der Waals surface area (Å²) in [6.45, 7) is 4.78. The number of carbonyl (C=O) groups is 7. The highest BCUT2D eigenvalue weighted by Gasteiger charge is 2.75. The van der Waals surface area contributed by atoms with E-state index in [1.165, 1.54) is 35.2 Å². The van der Waals surface area contributed by atoms with Crippen LogP contribution < -0.4 is 16.0 Å². The van der Waals surface area contributed by atoms with E-state index < -0.39 is 127 Å². The molecule has 71 heavy (non-hydrogen) atoms. The summed E-state index contributed by atoms with van der Waals surface area (Å²) in [5.74, 6) is -10.7. The van der Waals surface area contributed by atoms with Crippen LogP contribution in [0.25, 0.3) is 10.4 Å². The van der Waals surface area contributed by atoms with Gasteiger partial charge in [0.05, 0.1) is 16.9 Å². The molecule has 2 aliphatic heterocycles. The molecule has 392 valence electrons. The first kappa shape index (κ1) is 55.3. The third kappa shape index (κ3) is 12.6. The van der Waals surface area contributed by atoms with E-state index in [1.807, 2.05) is 20.8 Å². The quantitative estimate of drug-likeness (QED) is 0.207. The summed E-state index contributed by atoms with van der Waals surface area (Å²) in [5, 5.41) is 8.65. The van der Waals surface area contributed by atoms with Crippen LogP contribution in [0.2, 0.25) is 5.02 Å². The van der Waals surface area contributed by atoms with E-state index in [1.54, 1.807) is 37.0 Å². The lowest BCUT2D eigenvalue weighted by molar-refractivity contribution is -0.299. The van der Waals surface area contributed by atoms with Gasteiger partial charge in [0, 0.05) is 64.6 Å². The monoisotopic (exact) mass is 1040 g/mol. The van der Waals surface area contributed by atoms with Crippen LogP contribution in [0.4, 0.5) is 26.3 Å². The zero-order valence-electron chi connectivity index (χ0n) is 40.6. The van der Waals surface area contributed by atoms with Crippen molar-refractivity contribution in [1.29, 1.82) is 0 Å². The fraction of sp³-hybridized carbons (Fsp3) is 0.667. The molecule has 0 radical (unpaired) electrons. The van der Waals surface area contributed by atoms with Crippen molar-refractivity contribution >= 4 is 64.3 Å². The van der Waals surface area contributed by atoms with Crippen LogP contribution in [-0.2, 0) is 40.0 Å². The Bertz CT molecular complexity index is 2300. The molecule has 1 aromatic carbocycles. The largest absolute Gasteiger partial charge is 0.403 e. The minimum absolute atomic E-state index is 0.00529. The Morgan fingerprint density at radius 1 is 1.00 bits per heavy atom. The summed E-state index contributed by atoms with van der Waals surface area (Å²) in [5.41, 5.74) is -0.532. The van der Waals surface area contributed by atoms with Gasteiger partial charge in [-0.3, -0.25) is 38.5 Å². The van der Waals surface area contributed by atoms with Gasteiger partial charge in [-0.2, -0.15) is 13.2 Å². The lowest BCUT2D eigenvalue weighted by atomic mass is 9.64. The Morgan fingerprint density at radius 2 is 1.68 bits per heavy atom. The summed E-state index contributed by atoms with van der Waals surface area (Å²) >= 11 is 7.86. The second-order valence-electron chi connectivity index (χ2n) is 20.0. The molecule has 15 nitrogen and oxygen atoms in total. The molecule has 23 heteroatoms. The normalized spacial score (nSPS) is 26.1. The third-order valence-corrected chi connectivity index (χ3v) is 15.1. The highest BCUT2D eigenvalue weighted by Crippen LogP contribution is 2.61. The van der Waals surface area contributed by atoms with Gasteiger partial charge in [-0.25, -0.2) is 13.2 Å². The summed E-state index contributed by atoms with van der Waals surface area (Å²) in [6.07, 6.45) is -7.85. The van der Waals surface area contributed by atoms with Crippen molar-refractivity contribution in [1.82, 2.24) is 40.5 Å². The van der Waals surface area contributed by atoms with Crippen molar-refractivity contribution < 1.29 is 59.9 Å². The summed E-state index contributed by atoms with van der Waals surface area (Å²) in [4.78, 5) is 109. The first-order valence-electron chi connectivity index (χ1n) is 24.1. The fourth-order valence-corrected chi connectivity index (χ4v) is 10.8. The standard InChI is InChI=1S/C48H63ClF6N8O7S/c1-7-10-32-42(67)60(4)16-9-8-11-34(39(64)58-33(17-26(2)3)43(68)62(6)35(40(65)57-32)19-28-18-29(49)14-15-31(28)37-21-56-25-71-37)61(5)44(69)38(27-12-13-27)59-41(66)36-20-30(50)22-63(36)45(70)46(48(53,54)55)23-47(51,52)24-46/h14-15,18,21,25-27,30,32-36,38H,7-13,16-17,19-20,22-24H2,1-6H3,(H,57,65)(H,58,64)(H,59,66)/t30-,32-,33+,34+,35+,36+,38+/m1/s1. The molecular formula is C48H63ClF6N8O7S. The predicted molar refractivity (Wildman–Crippen MR) is 251 cm³/mol. The number of aromatic nitrogens is 1. The van der Waals surface area contributed by atoms with Crippen LogP contribution in [0.15, 0.2) is 29.9 Å². The van der Waals surface area contributed by atoms with Gasteiger partial charge in [0.2, 0.25) is 41.4 Å². The van der Waals surface area contributed by atoms with Crippen molar-refractivity contribution in [3.8, 4) is 10.4 Å². The maximum absolute atomic E-state index is 14.9. The lowest BCUT2D eigenvalue weighted by Gasteiger charge is -2.48. The summed E-state index contributed by atoms with van der Waals surface area (Å²) in [7, 11) is 4.33. The molecule has 7 atom stereocenters. The van der Waals surface area contributed by atoms with Crippen molar-refractivity contribution in [3.05, 3.63) is 40.5 Å². The van der Waals surface area contributed by atoms with Gasteiger partial charge >= 0.3 is 6.18 Å². The number of carbonyl (C=O) groups excluding carboxylic acids is 7. The van der Waals surface area contributed by atoms with Crippen molar-refractivity contribution in [2.24, 2.45) is 17.3 Å². The maximum Gasteiger partial charge on any atom is 0.403 e.